The first-order chi connectivity index (χ1) is 14.4. The molecule has 30 heavy (non-hydrogen) atoms. The molecule has 1 atom stereocenters. The number of amides is 2. The highest BCUT2D eigenvalue weighted by Gasteiger charge is 2.38. The number of methoxy groups -OCH3 is 1. The van der Waals surface area contributed by atoms with Crippen LogP contribution in [0.15, 0.2) is 60.1 Å². The standard InChI is InChI=1S/C23H25N3O3S/c1-5-13-26-22(28)19(14-20(27)25-21-15(2)7-6-8-16(21)3)30-23(26)24-17-9-11-18(29-4)12-10-17/h5-12,19H,1,13-14H2,2-4H3,(H,25,27)/t19-/m1/s1. The third-order valence-electron chi connectivity index (χ3n) is 4.75. The Morgan fingerprint density at radius 2 is 1.90 bits per heavy atom. The first-order valence-corrected chi connectivity index (χ1v) is 10.5. The molecule has 1 saturated heterocycles. The van der Waals surface area contributed by atoms with E-state index >= 15 is 0 Å². The van der Waals surface area contributed by atoms with Gasteiger partial charge in [0.05, 0.1) is 12.8 Å². The first-order valence-electron chi connectivity index (χ1n) is 9.60. The Bertz CT molecular complexity index is 965. The van der Waals surface area contributed by atoms with Gasteiger partial charge in [-0.3, -0.25) is 14.5 Å². The zero-order valence-corrected chi connectivity index (χ0v) is 18.2. The predicted molar refractivity (Wildman–Crippen MR) is 123 cm³/mol. The quantitative estimate of drug-likeness (QED) is 0.668. The minimum absolute atomic E-state index is 0.0759. The molecule has 3 rings (SSSR count). The normalized spacial score (nSPS) is 17.3. The van der Waals surface area contributed by atoms with Crippen LogP contribution < -0.4 is 10.1 Å². The maximum Gasteiger partial charge on any atom is 0.242 e. The molecule has 1 aliphatic rings. The highest BCUT2D eigenvalue weighted by Crippen LogP contribution is 2.32. The topological polar surface area (TPSA) is 71.0 Å². The Hall–Kier alpha value is -3.06. The van der Waals surface area contributed by atoms with Crippen molar-refractivity contribution in [3.8, 4) is 5.75 Å². The molecule has 0 spiro atoms. The third-order valence-corrected chi connectivity index (χ3v) is 5.92. The molecule has 6 nitrogen and oxygen atoms in total. The van der Waals surface area contributed by atoms with Gasteiger partial charge in [-0.05, 0) is 49.2 Å². The van der Waals surface area contributed by atoms with Crippen molar-refractivity contribution in [2.75, 3.05) is 19.0 Å². The Balaban J connectivity index is 1.75. The van der Waals surface area contributed by atoms with Gasteiger partial charge < -0.3 is 10.1 Å². The summed E-state index contributed by atoms with van der Waals surface area (Å²) < 4.78 is 5.17. The van der Waals surface area contributed by atoms with Gasteiger partial charge in [0.25, 0.3) is 0 Å². The average molecular weight is 424 g/mol. The molecule has 1 N–H and O–H groups in total. The second-order valence-corrected chi connectivity index (χ2v) is 8.13. The molecule has 0 saturated carbocycles. The van der Waals surface area contributed by atoms with Gasteiger partial charge in [-0.25, -0.2) is 4.99 Å². The van der Waals surface area contributed by atoms with E-state index in [1.54, 1.807) is 18.1 Å². The number of anilines is 1. The van der Waals surface area contributed by atoms with E-state index in [1.165, 1.54) is 11.8 Å². The van der Waals surface area contributed by atoms with Crippen LogP contribution in [0.1, 0.15) is 17.5 Å². The van der Waals surface area contributed by atoms with E-state index in [2.05, 4.69) is 16.9 Å². The number of ether oxygens (including phenoxy) is 1. The summed E-state index contributed by atoms with van der Waals surface area (Å²) in [5.74, 6) is 0.407. The lowest BCUT2D eigenvalue weighted by Crippen LogP contribution is -2.33. The zero-order chi connectivity index (χ0) is 21.7. The molecule has 0 aromatic heterocycles. The maximum absolute atomic E-state index is 12.9. The number of hydrogen-bond acceptors (Lipinski definition) is 5. The average Bonchev–Trinajstić information content (AvgIpc) is 3.00. The van der Waals surface area contributed by atoms with Gasteiger partial charge in [0.15, 0.2) is 5.17 Å². The second kappa shape index (κ2) is 9.63. The lowest BCUT2D eigenvalue weighted by Gasteiger charge is -2.14. The van der Waals surface area contributed by atoms with Gasteiger partial charge >= 0.3 is 0 Å². The van der Waals surface area contributed by atoms with E-state index in [1.807, 2.05) is 56.3 Å². The van der Waals surface area contributed by atoms with Crippen LogP contribution in [0.3, 0.4) is 0 Å². The van der Waals surface area contributed by atoms with Crippen LogP contribution in [0.25, 0.3) is 0 Å². The fraction of sp³-hybridized carbons (Fsp3) is 0.261. The first kappa shape index (κ1) is 21.6. The number of carbonyl (C=O) groups excluding carboxylic acids is 2. The molecule has 0 bridgehead atoms. The van der Waals surface area contributed by atoms with Crippen LogP contribution >= 0.6 is 11.8 Å². The summed E-state index contributed by atoms with van der Waals surface area (Å²) in [4.78, 5) is 31.7. The predicted octanol–water partition coefficient (Wildman–Crippen LogP) is 4.46. The van der Waals surface area contributed by atoms with E-state index < -0.39 is 5.25 Å². The van der Waals surface area contributed by atoms with Gasteiger partial charge in [-0.2, -0.15) is 0 Å². The van der Waals surface area contributed by atoms with Crippen molar-refractivity contribution in [1.82, 2.24) is 4.90 Å². The summed E-state index contributed by atoms with van der Waals surface area (Å²) in [6.45, 7) is 7.97. The summed E-state index contributed by atoms with van der Waals surface area (Å²) in [6.07, 6.45) is 1.73. The van der Waals surface area contributed by atoms with Crippen LogP contribution in [0.4, 0.5) is 11.4 Å². The monoisotopic (exact) mass is 423 g/mol. The number of aryl methyl sites for hydroxylation is 2. The van der Waals surface area contributed by atoms with Crippen molar-refractivity contribution in [3.63, 3.8) is 0 Å². The molecule has 1 aliphatic heterocycles. The van der Waals surface area contributed by atoms with Crippen molar-refractivity contribution < 1.29 is 14.3 Å². The van der Waals surface area contributed by atoms with Crippen molar-refractivity contribution in [2.45, 2.75) is 25.5 Å². The Kier molecular flexibility index (Phi) is 6.95. The van der Waals surface area contributed by atoms with Gasteiger partial charge in [-0.15, -0.1) is 6.58 Å². The molecule has 2 aromatic carbocycles. The summed E-state index contributed by atoms with van der Waals surface area (Å²) in [7, 11) is 1.60. The minimum atomic E-state index is -0.522. The van der Waals surface area contributed by atoms with Gasteiger partial charge in [0.2, 0.25) is 11.8 Å². The molecule has 0 aliphatic carbocycles. The molecule has 1 fully saturated rings. The van der Waals surface area contributed by atoms with Gasteiger partial charge in [-0.1, -0.05) is 36.0 Å². The number of hydrogen-bond donors (Lipinski definition) is 1. The van der Waals surface area contributed by atoms with E-state index in [4.69, 9.17) is 4.74 Å². The number of nitrogens with one attached hydrogen (secondary N) is 1. The molecule has 1 heterocycles. The number of benzene rings is 2. The van der Waals surface area contributed by atoms with Crippen molar-refractivity contribution in [3.05, 3.63) is 66.2 Å². The molecular weight excluding hydrogens is 398 g/mol. The summed E-state index contributed by atoms with van der Waals surface area (Å²) in [6, 6.07) is 13.1. The van der Waals surface area contributed by atoms with E-state index in [0.29, 0.717) is 17.4 Å². The number of thioether (sulfide) groups is 1. The number of nitrogens with zero attached hydrogens (tertiary/aromatic N) is 2. The maximum atomic E-state index is 12.9. The highest BCUT2D eigenvalue weighted by molar-refractivity contribution is 8.15. The Morgan fingerprint density at radius 1 is 1.23 bits per heavy atom. The number of carbonyl (C=O) groups is 2. The van der Waals surface area contributed by atoms with Crippen molar-refractivity contribution >= 4 is 40.1 Å². The molecule has 2 aromatic rings. The van der Waals surface area contributed by atoms with Crippen LogP contribution in [0.5, 0.6) is 5.75 Å². The summed E-state index contributed by atoms with van der Waals surface area (Å²) >= 11 is 1.31. The Morgan fingerprint density at radius 3 is 2.50 bits per heavy atom. The summed E-state index contributed by atoms with van der Waals surface area (Å²) in [5, 5.41) is 3.00. The van der Waals surface area contributed by atoms with E-state index in [-0.39, 0.29) is 18.2 Å². The fourth-order valence-corrected chi connectivity index (χ4v) is 4.33. The largest absolute Gasteiger partial charge is 0.497 e. The molecule has 156 valence electrons. The van der Waals surface area contributed by atoms with Crippen LogP contribution in [0.2, 0.25) is 0 Å². The molecule has 0 unspecified atom stereocenters. The second-order valence-electron chi connectivity index (χ2n) is 6.96. The molecule has 2 amide bonds. The van der Waals surface area contributed by atoms with Crippen LogP contribution in [0, 0.1) is 13.8 Å². The lowest BCUT2D eigenvalue weighted by molar-refractivity contribution is -0.127. The lowest BCUT2D eigenvalue weighted by atomic mass is 10.1. The molecule has 0 radical (unpaired) electrons. The third kappa shape index (κ3) is 4.91. The number of rotatable bonds is 7. The smallest absolute Gasteiger partial charge is 0.242 e. The minimum Gasteiger partial charge on any atom is -0.497 e. The van der Waals surface area contributed by atoms with Crippen LogP contribution in [-0.2, 0) is 9.59 Å². The fourth-order valence-electron chi connectivity index (χ4n) is 3.16. The number of amidine groups is 1. The summed E-state index contributed by atoms with van der Waals surface area (Å²) in [5.41, 5.74) is 3.49. The van der Waals surface area contributed by atoms with Crippen molar-refractivity contribution in [2.24, 2.45) is 4.99 Å². The van der Waals surface area contributed by atoms with E-state index in [0.717, 1.165) is 22.6 Å². The van der Waals surface area contributed by atoms with Gasteiger partial charge in [0.1, 0.15) is 11.0 Å². The number of aliphatic imine (C=N–C) groups is 1. The van der Waals surface area contributed by atoms with E-state index in [9.17, 15) is 9.59 Å². The van der Waals surface area contributed by atoms with Crippen molar-refractivity contribution in [1.29, 1.82) is 0 Å². The molecular formula is C23H25N3O3S. The van der Waals surface area contributed by atoms with Gasteiger partial charge in [0, 0.05) is 18.7 Å². The zero-order valence-electron chi connectivity index (χ0n) is 17.3. The van der Waals surface area contributed by atoms with Crippen LogP contribution in [-0.4, -0.2) is 40.8 Å². The Labute approximate surface area is 181 Å². The highest BCUT2D eigenvalue weighted by atomic mass is 32.2. The molecule has 7 heteroatoms. The number of para-hydroxylation sites is 1. The SMILES string of the molecule is C=CCN1C(=O)[C@@H](CC(=O)Nc2c(C)cccc2C)SC1=Nc1ccc(OC)cc1.